The lowest BCUT2D eigenvalue weighted by Crippen LogP contribution is -2.25. The zero-order chi connectivity index (χ0) is 17.5. The molecule has 0 heterocycles. The molecule has 1 aromatic carbocycles. The van der Waals surface area contributed by atoms with Crippen LogP contribution in [-0.4, -0.2) is 13.7 Å². The van der Waals surface area contributed by atoms with Gasteiger partial charge in [0.25, 0.3) is 0 Å². The van der Waals surface area contributed by atoms with Crippen LogP contribution in [-0.2, 0) is 4.74 Å². The highest BCUT2D eigenvalue weighted by Crippen LogP contribution is 2.44. The van der Waals surface area contributed by atoms with Crippen LogP contribution in [0.15, 0.2) is 36.4 Å². The summed E-state index contributed by atoms with van der Waals surface area (Å²) in [6, 6.07) is 10.5. The molecule has 25 heavy (non-hydrogen) atoms. The summed E-state index contributed by atoms with van der Waals surface area (Å²) >= 11 is 0. The van der Waals surface area contributed by atoms with Crippen LogP contribution in [0.1, 0.15) is 68.4 Å². The molecule has 2 heteroatoms. The number of hydrogen-bond acceptors (Lipinski definition) is 2. The molecule has 134 valence electrons. The first-order valence-corrected chi connectivity index (χ1v) is 9.95. The number of nitrogens with zero attached hydrogens (tertiary/aromatic N) is 1. The number of rotatable bonds is 5. The predicted molar refractivity (Wildman–Crippen MR) is 102 cm³/mol. The summed E-state index contributed by atoms with van der Waals surface area (Å²) in [7, 11) is 1.76. The second-order valence-electron chi connectivity index (χ2n) is 7.90. The molecule has 0 N–H and O–H groups in total. The molecule has 2 saturated carbocycles. The van der Waals surface area contributed by atoms with Gasteiger partial charge < -0.3 is 4.74 Å². The Morgan fingerprint density at radius 3 is 2.12 bits per heavy atom. The normalized spacial score (nSPS) is 30.2. The molecule has 3 rings (SSSR count). The summed E-state index contributed by atoms with van der Waals surface area (Å²) in [4.78, 5) is 0. The molecule has 1 aromatic rings. The Hall–Kier alpha value is -1.59. The van der Waals surface area contributed by atoms with Crippen LogP contribution in [0, 0.1) is 29.1 Å². The molecule has 0 aromatic heterocycles. The molecule has 0 atom stereocenters. The topological polar surface area (TPSA) is 33.0 Å². The monoisotopic (exact) mass is 337 g/mol. The Balaban J connectivity index is 1.44. The average molecular weight is 338 g/mol. The third-order valence-electron chi connectivity index (χ3n) is 6.44. The van der Waals surface area contributed by atoms with E-state index in [9.17, 15) is 0 Å². The number of ether oxygens (including phenoxy) is 1. The van der Waals surface area contributed by atoms with Crippen molar-refractivity contribution in [1.82, 2.24) is 0 Å². The van der Waals surface area contributed by atoms with Gasteiger partial charge in [0.05, 0.1) is 18.2 Å². The highest BCUT2D eigenvalue weighted by Gasteiger charge is 2.30. The highest BCUT2D eigenvalue weighted by atomic mass is 16.5. The smallest absolute Gasteiger partial charge is 0.0991 e. The third kappa shape index (κ3) is 4.95. The Morgan fingerprint density at radius 1 is 0.960 bits per heavy atom. The Bertz CT molecular complexity index is 582. The van der Waals surface area contributed by atoms with E-state index in [0.717, 1.165) is 29.9 Å². The van der Waals surface area contributed by atoms with Crippen LogP contribution >= 0.6 is 0 Å². The van der Waals surface area contributed by atoms with Crippen molar-refractivity contribution in [3.63, 3.8) is 0 Å². The molecular formula is C23H31NO. The molecule has 2 nitrogen and oxygen atoms in total. The van der Waals surface area contributed by atoms with Gasteiger partial charge in [0.2, 0.25) is 0 Å². The second-order valence-corrected chi connectivity index (χ2v) is 7.90. The van der Waals surface area contributed by atoms with Gasteiger partial charge in [-0.25, -0.2) is 0 Å². The van der Waals surface area contributed by atoms with Crippen molar-refractivity contribution in [2.24, 2.45) is 17.8 Å². The maximum Gasteiger partial charge on any atom is 0.0991 e. The van der Waals surface area contributed by atoms with Crippen LogP contribution in [0.5, 0.6) is 0 Å². The maximum atomic E-state index is 8.94. The molecular weight excluding hydrogens is 306 g/mol. The Kier molecular flexibility index (Phi) is 6.70. The summed E-state index contributed by atoms with van der Waals surface area (Å²) in [6.07, 6.45) is 15.5. The van der Waals surface area contributed by atoms with Crippen molar-refractivity contribution in [2.45, 2.75) is 57.3 Å². The van der Waals surface area contributed by atoms with Gasteiger partial charge in [0.15, 0.2) is 0 Å². The molecule has 2 fully saturated rings. The molecule has 0 spiro atoms. The molecule has 0 amide bonds. The molecule has 0 bridgehead atoms. The fourth-order valence-corrected chi connectivity index (χ4v) is 4.91. The van der Waals surface area contributed by atoms with E-state index in [1.54, 1.807) is 7.11 Å². The molecule has 2 aliphatic carbocycles. The van der Waals surface area contributed by atoms with Crippen molar-refractivity contribution in [3.8, 4) is 6.07 Å². The van der Waals surface area contributed by atoms with Crippen molar-refractivity contribution >= 4 is 0 Å². The number of hydrogen-bond donors (Lipinski definition) is 0. The van der Waals surface area contributed by atoms with E-state index in [1.165, 1.54) is 56.9 Å². The van der Waals surface area contributed by atoms with Gasteiger partial charge in [-0.3, -0.25) is 0 Å². The number of benzene rings is 1. The minimum atomic E-state index is 0.706. The third-order valence-corrected chi connectivity index (χ3v) is 6.44. The van der Waals surface area contributed by atoms with Gasteiger partial charge in [-0.05, 0) is 92.7 Å². The number of allylic oxidation sites excluding steroid dienone is 1. The summed E-state index contributed by atoms with van der Waals surface area (Å²) in [5.41, 5.74) is 2.21. The van der Waals surface area contributed by atoms with Crippen LogP contribution in [0.2, 0.25) is 0 Å². The van der Waals surface area contributed by atoms with Crippen molar-refractivity contribution in [3.05, 3.63) is 47.5 Å². The van der Waals surface area contributed by atoms with Gasteiger partial charge in [0, 0.05) is 7.11 Å². The number of methoxy groups -OCH3 is 1. The first-order valence-electron chi connectivity index (χ1n) is 9.95. The predicted octanol–water partition coefficient (Wildman–Crippen LogP) is 5.84. The zero-order valence-corrected chi connectivity index (χ0v) is 15.5. The fourth-order valence-electron chi connectivity index (χ4n) is 4.91. The summed E-state index contributed by atoms with van der Waals surface area (Å²) < 4.78 is 5.11. The van der Waals surface area contributed by atoms with Gasteiger partial charge in [-0.1, -0.05) is 24.3 Å². The van der Waals surface area contributed by atoms with E-state index in [4.69, 9.17) is 10.00 Å². The average Bonchev–Trinajstić information content (AvgIpc) is 2.69. The first-order chi connectivity index (χ1) is 12.3. The van der Waals surface area contributed by atoms with Crippen LogP contribution in [0.4, 0.5) is 0 Å². The molecule has 0 radical (unpaired) electrons. The summed E-state index contributed by atoms with van der Waals surface area (Å²) in [6.45, 7) is 0.749. The zero-order valence-electron chi connectivity index (χ0n) is 15.5. The Morgan fingerprint density at radius 2 is 1.56 bits per heavy atom. The van der Waals surface area contributed by atoms with Crippen LogP contribution in [0.25, 0.3) is 0 Å². The summed E-state index contributed by atoms with van der Waals surface area (Å²) in [5.74, 6) is 3.38. The second kappa shape index (κ2) is 9.20. The molecule has 0 aliphatic heterocycles. The van der Waals surface area contributed by atoms with E-state index in [0.29, 0.717) is 5.92 Å². The number of nitriles is 1. The lowest BCUT2D eigenvalue weighted by molar-refractivity contribution is 0.171. The van der Waals surface area contributed by atoms with E-state index in [2.05, 4.69) is 30.4 Å². The molecule has 0 unspecified atom stereocenters. The van der Waals surface area contributed by atoms with Gasteiger partial charge in [-0.2, -0.15) is 5.26 Å². The van der Waals surface area contributed by atoms with E-state index < -0.39 is 0 Å². The Labute approximate surface area is 152 Å². The van der Waals surface area contributed by atoms with E-state index in [-0.39, 0.29) is 0 Å². The van der Waals surface area contributed by atoms with Crippen molar-refractivity contribution in [1.29, 1.82) is 5.26 Å². The van der Waals surface area contributed by atoms with E-state index in [1.807, 2.05) is 12.1 Å². The van der Waals surface area contributed by atoms with Gasteiger partial charge in [-0.15, -0.1) is 0 Å². The SMILES string of the molecule is COCC=CC1CCC(C2CCC(c3ccc(C#N)cc3)CC2)CC1. The quantitative estimate of drug-likeness (QED) is 0.632. The van der Waals surface area contributed by atoms with Gasteiger partial charge in [0.1, 0.15) is 0 Å². The van der Waals surface area contributed by atoms with Gasteiger partial charge >= 0.3 is 0 Å². The minimum Gasteiger partial charge on any atom is -0.381 e. The van der Waals surface area contributed by atoms with E-state index >= 15 is 0 Å². The fraction of sp³-hybridized carbons (Fsp3) is 0.609. The highest BCUT2D eigenvalue weighted by molar-refractivity contribution is 5.33. The lowest BCUT2D eigenvalue weighted by Gasteiger charge is -2.37. The largest absolute Gasteiger partial charge is 0.381 e. The molecule has 2 aliphatic rings. The lowest BCUT2D eigenvalue weighted by atomic mass is 9.68. The standard InChI is InChI=1S/C23H31NO/c1-25-16-2-3-18-4-8-20(9-5-18)22-12-14-23(15-13-22)21-10-6-19(17-24)7-11-21/h2-3,6-7,10-11,18,20,22-23H,4-5,8-9,12-16H2,1H3. The molecule has 0 saturated heterocycles. The van der Waals surface area contributed by atoms with Crippen LogP contribution in [0.3, 0.4) is 0 Å². The van der Waals surface area contributed by atoms with Crippen molar-refractivity contribution in [2.75, 3.05) is 13.7 Å². The van der Waals surface area contributed by atoms with Crippen molar-refractivity contribution < 1.29 is 4.74 Å². The van der Waals surface area contributed by atoms with Crippen LogP contribution < -0.4 is 0 Å². The minimum absolute atomic E-state index is 0.706. The first kappa shape index (κ1) is 18.2. The summed E-state index contributed by atoms with van der Waals surface area (Å²) in [5, 5.41) is 8.94. The maximum absolute atomic E-state index is 8.94.